The standard InChI is InChI=1S/C5H14B2O2/c1-5(2,3-8)4(9)7-6/h4,7-9H,3,6H2,1-2H3. The van der Waals surface area contributed by atoms with Crippen molar-refractivity contribution in [3.05, 3.63) is 0 Å². The van der Waals surface area contributed by atoms with Crippen molar-refractivity contribution in [2.75, 3.05) is 6.61 Å². The van der Waals surface area contributed by atoms with Crippen LogP contribution in [-0.4, -0.2) is 37.7 Å². The van der Waals surface area contributed by atoms with Gasteiger partial charge in [-0.25, -0.2) is 0 Å². The van der Waals surface area contributed by atoms with E-state index in [-0.39, 0.29) is 18.0 Å². The summed E-state index contributed by atoms with van der Waals surface area (Å²) in [5.74, 6) is 0. The molecule has 0 fully saturated rings. The van der Waals surface area contributed by atoms with Crippen molar-refractivity contribution in [2.24, 2.45) is 5.41 Å². The lowest BCUT2D eigenvalue weighted by molar-refractivity contribution is 0.0576. The number of aliphatic hydroxyl groups excluding tert-OH is 2. The van der Waals surface area contributed by atoms with Gasteiger partial charge in [0, 0.05) is 18.0 Å². The molecule has 0 saturated heterocycles. The molecule has 2 nitrogen and oxygen atoms in total. The van der Waals surface area contributed by atoms with Crippen LogP contribution in [-0.2, 0) is 0 Å². The number of hydrogen-bond donors (Lipinski definition) is 2. The molecule has 2 N–H and O–H groups in total. The molecule has 0 radical (unpaired) electrons. The zero-order valence-electron chi connectivity index (χ0n) is 6.39. The van der Waals surface area contributed by atoms with Gasteiger partial charge in [-0.3, -0.25) is 0 Å². The van der Waals surface area contributed by atoms with Crippen LogP contribution in [0.25, 0.3) is 0 Å². The molecule has 0 heterocycles. The fraction of sp³-hybridized carbons (Fsp3) is 1.00. The van der Waals surface area contributed by atoms with Crippen LogP contribution in [0.1, 0.15) is 13.8 Å². The summed E-state index contributed by atoms with van der Waals surface area (Å²) in [6.07, 6.45) is 0. The fourth-order valence-electron chi connectivity index (χ4n) is 0.658. The minimum Gasteiger partial charge on any atom is -0.402 e. The van der Waals surface area contributed by atoms with E-state index in [1.54, 1.807) is 0 Å². The first-order chi connectivity index (χ1) is 4.04. The van der Waals surface area contributed by atoms with Crippen LogP contribution in [0.3, 0.4) is 0 Å². The predicted octanol–water partition coefficient (Wildman–Crippen LogP) is -1.69. The van der Waals surface area contributed by atoms with Crippen LogP contribution in [0.5, 0.6) is 0 Å². The smallest absolute Gasteiger partial charge is 0.119 e. The van der Waals surface area contributed by atoms with Gasteiger partial charge in [-0.1, -0.05) is 13.8 Å². The van der Waals surface area contributed by atoms with Crippen LogP contribution in [0.15, 0.2) is 0 Å². The molecule has 0 aromatic carbocycles. The molecule has 0 aromatic rings. The zero-order chi connectivity index (χ0) is 7.49. The van der Waals surface area contributed by atoms with Gasteiger partial charge in [-0.15, -0.1) is 0 Å². The third-order valence-corrected chi connectivity index (χ3v) is 1.70. The van der Waals surface area contributed by atoms with Gasteiger partial charge in [-0.05, 0) is 0 Å². The fourth-order valence-corrected chi connectivity index (χ4v) is 0.658. The van der Waals surface area contributed by atoms with Crippen molar-refractivity contribution in [3.63, 3.8) is 0 Å². The van der Waals surface area contributed by atoms with Crippen LogP contribution in [0.2, 0.25) is 0 Å². The lowest BCUT2D eigenvalue weighted by Crippen LogP contribution is -2.37. The quantitative estimate of drug-likeness (QED) is 0.445. The van der Waals surface area contributed by atoms with E-state index >= 15 is 0 Å². The monoisotopic (exact) mass is 128 g/mol. The van der Waals surface area contributed by atoms with Gasteiger partial charge in [0.15, 0.2) is 0 Å². The molecular weight excluding hydrogens is 114 g/mol. The normalized spacial score (nSPS) is 15.1. The Balaban J connectivity index is 3.80. The molecule has 0 amide bonds. The molecule has 0 saturated carbocycles. The molecule has 4 heteroatoms. The lowest BCUT2D eigenvalue weighted by Gasteiger charge is -2.26. The van der Waals surface area contributed by atoms with E-state index in [1.807, 2.05) is 21.6 Å². The van der Waals surface area contributed by atoms with E-state index in [2.05, 4.69) is 0 Å². The molecule has 0 aliphatic heterocycles. The Labute approximate surface area is 57.9 Å². The first kappa shape index (κ1) is 9.05. The van der Waals surface area contributed by atoms with Crippen molar-refractivity contribution in [1.82, 2.24) is 0 Å². The van der Waals surface area contributed by atoms with Crippen molar-refractivity contribution < 1.29 is 10.2 Å². The maximum atomic E-state index is 9.23. The van der Waals surface area contributed by atoms with E-state index in [0.29, 0.717) is 7.17 Å². The molecule has 52 valence electrons. The van der Waals surface area contributed by atoms with Crippen LogP contribution >= 0.6 is 0 Å². The largest absolute Gasteiger partial charge is 0.402 e. The SMILES string of the molecule is BBC(O)C(C)(C)CO. The number of rotatable bonds is 3. The summed E-state index contributed by atoms with van der Waals surface area (Å²) in [5.41, 5.74) is -0.339. The number of hydrogen-bond acceptors (Lipinski definition) is 2. The van der Waals surface area contributed by atoms with Gasteiger partial charge in [0.25, 0.3) is 0 Å². The maximum absolute atomic E-state index is 9.23. The summed E-state index contributed by atoms with van der Waals surface area (Å²) < 4.78 is 0. The van der Waals surface area contributed by atoms with E-state index in [9.17, 15) is 5.11 Å². The highest BCUT2D eigenvalue weighted by molar-refractivity contribution is 6.90. The van der Waals surface area contributed by atoms with Crippen molar-refractivity contribution in [2.45, 2.75) is 19.9 Å². The zero-order valence-corrected chi connectivity index (χ0v) is 6.39. The van der Waals surface area contributed by atoms with Crippen molar-refractivity contribution in [3.8, 4) is 0 Å². The van der Waals surface area contributed by atoms with Gasteiger partial charge in [0.2, 0.25) is 0 Å². The Kier molecular flexibility index (Phi) is 3.29. The van der Waals surface area contributed by atoms with Crippen molar-refractivity contribution in [1.29, 1.82) is 0 Å². The maximum Gasteiger partial charge on any atom is 0.119 e. The molecule has 0 aliphatic rings. The van der Waals surface area contributed by atoms with E-state index in [4.69, 9.17) is 5.11 Å². The summed E-state index contributed by atoms with van der Waals surface area (Å²) in [6, 6.07) is -0.387. The minimum atomic E-state index is -0.387. The second kappa shape index (κ2) is 3.28. The van der Waals surface area contributed by atoms with E-state index < -0.39 is 0 Å². The Morgan fingerprint density at radius 3 is 2.22 bits per heavy atom. The Morgan fingerprint density at radius 2 is 2.11 bits per heavy atom. The van der Waals surface area contributed by atoms with Crippen LogP contribution in [0, 0.1) is 5.41 Å². The molecule has 1 atom stereocenters. The second-order valence-electron chi connectivity index (χ2n) is 3.07. The highest BCUT2D eigenvalue weighted by atomic mass is 16.3. The van der Waals surface area contributed by atoms with Crippen LogP contribution < -0.4 is 0 Å². The summed E-state index contributed by atoms with van der Waals surface area (Å²) in [7, 11) is 2.61. The first-order valence-electron chi connectivity index (χ1n) is 3.33. The molecule has 0 bridgehead atoms. The second-order valence-corrected chi connectivity index (χ2v) is 3.07. The van der Waals surface area contributed by atoms with Gasteiger partial charge in [-0.2, -0.15) is 0 Å². The van der Waals surface area contributed by atoms with Gasteiger partial charge in [0.1, 0.15) is 7.17 Å². The third kappa shape index (κ3) is 2.41. The average Bonchev–Trinajstić information content (AvgIpc) is 1.86. The topological polar surface area (TPSA) is 40.5 Å². The highest BCUT2D eigenvalue weighted by Crippen LogP contribution is 2.17. The van der Waals surface area contributed by atoms with E-state index in [1.165, 1.54) is 0 Å². The average molecular weight is 128 g/mol. The van der Waals surface area contributed by atoms with Crippen LogP contribution in [0.4, 0.5) is 0 Å². The number of aliphatic hydroxyl groups is 2. The molecule has 1 unspecified atom stereocenters. The molecule has 0 rings (SSSR count). The molecule has 0 aliphatic carbocycles. The first-order valence-corrected chi connectivity index (χ1v) is 3.33. The molecule has 9 heavy (non-hydrogen) atoms. The summed E-state index contributed by atoms with van der Waals surface area (Å²) in [4.78, 5) is 0. The predicted molar refractivity (Wildman–Crippen MR) is 42.6 cm³/mol. The van der Waals surface area contributed by atoms with Gasteiger partial charge in [0.05, 0.1) is 7.74 Å². The Morgan fingerprint density at radius 1 is 1.67 bits per heavy atom. The summed E-state index contributed by atoms with van der Waals surface area (Å²) in [5, 5.41) is 18.0. The van der Waals surface area contributed by atoms with Crippen molar-refractivity contribution >= 4 is 14.9 Å². The summed E-state index contributed by atoms with van der Waals surface area (Å²) >= 11 is 0. The minimum absolute atomic E-state index is 0.0437. The highest BCUT2D eigenvalue weighted by Gasteiger charge is 2.24. The third-order valence-electron chi connectivity index (χ3n) is 1.70. The molecule has 0 aromatic heterocycles. The Bertz CT molecular complexity index is 85.0. The van der Waals surface area contributed by atoms with Gasteiger partial charge >= 0.3 is 0 Å². The van der Waals surface area contributed by atoms with Gasteiger partial charge < -0.3 is 10.2 Å². The molecule has 0 spiro atoms. The summed E-state index contributed by atoms with van der Waals surface area (Å²) in [6.45, 7) is 3.74. The lowest BCUT2D eigenvalue weighted by atomic mass is 9.46. The molecular formula is C5H14B2O2. The van der Waals surface area contributed by atoms with E-state index in [0.717, 1.165) is 0 Å². The Hall–Kier alpha value is 0.0499.